The van der Waals surface area contributed by atoms with Crippen molar-refractivity contribution in [2.75, 3.05) is 0 Å². The minimum atomic E-state index is -0.282. The first-order valence-corrected chi connectivity index (χ1v) is 6.00. The van der Waals surface area contributed by atoms with Crippen LogP contribution >= 0.6 is 0 Å². The molecule has 0 spiro atoms. The molecule has 0 radical (unpaired) electrons. The van der Waals surface area contributed by atoms with Gasteiger partial charge in [0.25, 0.3) is 0 Å². The van der Waals surface area contributed by atoms with Crippen molar-refractivity contribution in [1.29, 1.82) is 0 Å². The summed E-state index contributed by atoms with van der Waals surface area (Å²) in [5.74, 6) is 0.493. The molecule has 0 saturated carbocycles. The minimum Gasteiger partial charge on any atom is -0.389 e. The van der Waals surface area contributed by atoms with E-state index in [1.54, 1.807) is 0 Å². The molecule has 86 valence electrons. The topological polar surface area (TPSA) is 20.2 Å². The summed E-state index contributed by atoms with van der Waals surface area (Å²) in [7, 11) is 0. The Hall–Kier alpha value is -0.560. The van der Waals surface area contributed by atoms with E-state index in [1.165, 1.54) is 18.4 Å². The lowest BCUT2D eigenvalue weighted by Crippen LogP contribution is -2.26. The zero-order valence-corrected chi connectivity index (χ0v) is 10.5. The molecule has 2 unspecified atom stereocenters. The maximum absolute atomic E-state index is 9.54. The fourth-order valence-corrected chi connectivity index (χ4v) is 2.36. The van der Waals surface area contributed by atoms with Crippen molar-refractivity contribution in [3.05, 3.63) is 23.8 Å². The lowest BCUT2D eigenvalue weighted by atomic mass is 9.68. The number of rotatable bonds is 3. The quantitative estimate of drug-likeness (QED) is 0.701. The number of aliphatic hydroxyl groups is 1. The molecule has 0 aromatic heterocycles. The largest absolute Gasteiger partial charge is 0.389 e. The first kappa shape index (κ1) is 12.5. The second kappa shape index (κ2) is 4.98. The molecule has 0 saturated heterocycles. The van der Waals surface area contributed by atoms with E-state index in [-0.39, 0.29) is 6.10 Å². The molecule has 15 heavy (non-hydrogen) atoms. The van der Waals surface area contributed by atoms with Gasteiger partial charge < -0.3 is 5.11 Å². The highest BCUT2D eigenvalue weighted by Gasteiger charge is 2.30. The van der Waals surface area contributed by atoms with Crippen LogP contribution in [0.3, 0.4) is 0 Å². The van der Waals surface area contributed by atoms with Gasteiger partial charge in [0.1, 0.15) is 0 Å². The molecule has 0 bridgehead atoms. The first-order valence-electron chi connectivity index (χ1n) is 6.00. The summed E-state index contributed by atoms with van der Waals surface area (Å²) in [4.78, 5) is 0. The molecule has 1 rings (SSSR count). The Bertz CT molecular complexity index is 261. The Morgan fingerprint density at radius 2 is 2.27 bits per heavy atom. The van der Waals surface area contributed by atoms with E-state index in [2.05, 4.69) is 32.9 Å². The van der Waals surface area contributed by atoms with Crippen molar-refractivity contribution in [3.63, 3.8) is 0 Å². The van der Waals surface area contributed by atoms with Gasteiger partial charge in [-0.3, -0.25) is 0 Å². The van der Waals surface area contributed by atoms with Crippen LogP contribution in [0.2, 0.25) is 0 Å². The highest BCUT2D eigenvalue weighted by molar-refractivity contribution is 5.19. The van der Waals surface area contributed by atoms with Crippen LogP contribution in [-0.2, 0) is 0 Å². The molecule has 0 aromatic rings. The summed E-state index contributed by atoms with van der Waals surface area (Å²) in [6.45, 7) is 8.84. The van der Waals surface area contributed by atoms with Gasteiger partial charge in [0.05, 0.1) is 6.10 Å². The normalized spacial score (nSPS) is 27.8. The molecule has 1 N–H and O–H groups in total. The predicted octanol–water partition coefficient (Wildman–Crippen LogP) is 3.70. The summed E-state index contributed by atoms with van der Waals surface area (Å²) in [5, 5.41) is 9.54. The summed E-state index contributed by atoms with van der Waals surface area (Å²) in [6, 6.07) is 0. The van der Waals surface area contributed by atoms with Gasteiger partial charge in [0, 0.05) is 5.92 Å². The third-order valence-corrected chi connectivity index (χ3v) is 3.53. The van der Waals surface area contributed by atoms with Crippen molar-refractivity contribution >= 4 is 0 Å². The van der Waals surface area contributed by atoms with Gasteiger partial charge >= 0.3 is 0 Å². The van der Waals surface area contributed by atoms with E-state index in [0.29, 0.717) is 11.3 Å². The molecule has 1 aliphatic rings. The number of allylic oxidation sites excluding steroid dienone is 3. The van der Waals surface area contributed by atoms with Crippen LogP contribution in [0.15, 0.2) is 23.8 Å². The average Bonchev–Trinajstić information content (AvgIpc) is 2.15. The van der Waals surface area contributed by atoms with E-state index < -0.39 is 0 Å². The summed E-state index contributed by atoms with van der Waals surface area (Å²) < 4.78 is 0. The van der Waals surface area contributed by atoms with Crippen LogP contribution in [0, 0.1) is 11.3 Å². The van der Waals surface area contributed by atoms with E-state index in [9.17, 15) is 5.11 Å². The van der Waals surface area contributed by atoms with Crippen LogP contribution in [-0.4, -0.2) is 11.2 Å². The molecule has 1 nitrogen and oxygen atoms in total. The van der Waals surface area contributed by atoms with E-state index in [4.69, 9.17) is 0 Å². The van der Waals surface area contributed by atoms with Crippen LogP contribution < -0.4 is 0 Å². The molecule has 0 aromatic carbocycles. The Labute approximate surface area is 93.9 Å². The lowest BCUT2D eigenvalue weighted by Gasteiger charge is -2.36. The molecular weight excluding hydrogens is 184 g/mol. The average molecular weight is 208 g/mol. The van der Waals surface area contributed by atoms with E-state index in [0.717, 1.165) is 6.42 Å². The second-order valence-electron chi connectivity index (χ2n) is 5.31. The SMILES string of the molecule is CCC(O)/C=C/C1C(C)=CCCC1(C)C. The maximum Gasteiger partial charge on any atom is 0.0718 e. The second-order valence-corrected chi connectivity index (χ2v) is 5.31. The zero-order valence-electron chi connectivity index (χ0n) is 10.5. The molecule has 0 amide bonds. The third-order valence-electron chi connectivity index (χ3n) is 3.53. The first-order chi connectivity index (χ1) is 6.97. The van der Waals surface area contributed by atoms with E-state index in [1.807, 2.05) is 13.0 Å². The van der Waals surface area contributed by atoms with Gasteiger partial charge in [0.15, 0.2) is 0 Å². The van der Waals surface area contributed by atoms with E-state index >= 15 is 0 Å². The third kappa shape index (κ3) is 3.20. The predicted molar refractivity (Wildman–Crippen MR) is 65.7 cm³/mol. The summed E-state index contributed by atoms with van der Waals surface area (Å²) in [6.07, 6.45) is 9.43. The standard InChI is InChI=1S/C14H24O/c1-5-12(15)8-9-13-11(2)7-6-10-14(13,3)4/h7-9,12-13,15H,5-6,10H2,1-4H3/b9-8+. The highest BCUT2D eigenvalue weighted by Crippen LogP contribution is 2.41. The Morgan fingerprint density at radius 1 is 1.60 bits per heavy atom. The van der Waals surface area contributed by atoms with Gasteiger partial charge in [0.2, 0.25) is 0 Å². The Kier molecular flexibility index (Phi) is 4.15. The van der Waals surface area contributed by atoms with Crippen molar-refractivity contribution in [2.45, 2.75) is 53.1 Å². The smallest absolute Gasteiger partial charge is 0.0718 e. The monoisotopic (exact) mass is 208 g/mol. The molecular formula is C14H24O. The van der Waals surface area contributed by atoms with Crippen LogP contribution in [0.4, 0.5) is 0 Å². The summed E-state index contributed by atoms with van der Waals surface area (Å²) >= 11 is 0. The lowest BCUT2D eigenvalue weighted by molar-refractivity contribution is 0.214. The van der Waals surface area contributed by atoms with Crippen LogP contribution in [0.1, 0.15) is 47.0 Å². The van der Waals surface area contributed by atoms with Gasteiger partial charge in [-0.1, -0.05) is 44.6 Å². The van der Waals surface area contributed by atoms with Gasteiger partial charge in [-0.05, 0) is 31.6 Å². The number of aliphatic hydroxyl groups excluding tert-OH is 1. The number of hydrogen-bond donors (Lipinski definition) is 1. The van der Waals surface area contributed by atoms with Gasteiger partial charge in [-0.25, -0.2) is 0 Å². The van der Waals surface area contributed by atoms with Crippen molar-refractivity contribution in [3.8, 4) is 0 Å². The molecule has 1 aliphatic carbocycles. The highest BCUT2D eigenvalue weighted by atomic mass is 16.3. The molecule has 0 aliphatic heterocycles. The maximum atomic E-state index is 9.54. The van der Waals surface area contributed by atoms with Gasteiger partial charge in [-0.15, -0.1) is 0 Å². The minimum absolute atomic E-state index is 0.282. The molecule has 1 heteroatoms. The van der Waals surface area contributed by atoms with Crippen molar-refractivity contribution in [1.82, 2.24) is 0 Å². The fraction of sp³-hybridized carbons (Fsp3) is 0.714. The van der Waals surface area contributed by atoms with Crippen LogP contribution in [0.5, 0.6) is 0 Å². The molecule has 2 atom stereocenters. The number of hydrogen-bond acceptors (Lipinski definition) is 1. The van der Waals surface area contributed by atoms with Crippen molar-refractivity contribution in [2.24, 2.45) is 11.3 Å². The fourth-order valence-electron chi connectivity index (χ4n) is 2.36. The molecule has 0 heterocycles. The Morgan fingerprint density at radius 3 is 2.80 bits per heavy atom. The zero-order chi connectivity index (χ0) is 11.5. The van der Waals surface area contributed by atoms with Crippen molar-refractivity contribution < 1.29 is 5.11 Å². The molecule has 0 fully saturated rings. The summed E-state index contributed by atoms with van der Waals surface area (Å²) in [5.41, 5.74) is 1.79. The van der Waals surface area contributed by atoms with Gasteiger partial charge in [-0.2, -0.15) is 0 Å². The van der Waals surface area contributed by atoms with Crippen LogP contribution in [0.25, 0.3) is 0 Å². The Balaban J connectivity index is 2.76.